The quantitative estimate of drug-likeness (QED) is 0.823. The zero-order valence-corrected chi connectivity index (χ0v) is 10.5. The zero-order chi connectivity index (χ0) is 12.1. The molecule has 3 nitrogen and oxygen atoms in total. The molecule has 0 aliphatic rings. The molecule has 1 aromatic carbocycles. The molecule has 88 valence electrons. The number of nitrogens with one attached hydrogen (secondary N) is 1. The highest BCUT2D eigenvalue weighted by molar-refractivity contribution is 6.31. The molecule has 0 fully saturated rings. The van der Waals surface area contributed by atoms with E-state index >= 15 is 0 Å². The summed E-state index contributed by atoms with van der Waals surface area (Å²) in [5.74, 6) is -0.275. The Morgan fingerprint density at radius 2 is 2.25 bits per heavy atom. The number of rotatable bonds is 4. The Balaban J connectivity index is 2.58. The maximum Gasteiger partial charge on any atom is 0.322 e. The van der Waals surface area contributed by atoms with Gasteiger partial charge in [0, 0.05) is 11.6 Å². The molecule has 1 rings (SSSR count). The van der Waals surface area contributed by atoms with E-state index in [0.717, 1.165) is 11.1 Å². The summed E-state index contributed by atoms with van der Waals surface area (Å²) in [4.78, 5) is 11.2. The topological polar surface area (TPSA) is 38.3 Å². The molecule has 0 radical (unpaired) electrons. The van der Waals surface area contributed by atoms with Crippen molar-refractivity contribution in [3.63, 3.8) is 0 Å². The highest BCUT2D eigenvalue weighted by atomic mass is 35.5. The highest BCUT2D eigenvalue weighted by Gasteiger charge is 2.12. The fourth-order valence-electron chi connectivity index (χ4n) is 1.32. The second-order valence-corrected chi connectivity index (χ2v) is 4.13. The van der Waals surface area contributed by atoms with E-state index < -0.39 is 0 Å². The minimum atomic E-state index is -0.331. The van der Waals surface area contributed by atoms with Crippen molar-refractivity contribution in [2.24, 2.45) is 0 Å². The maximum absolute atomic E-state index is 11.2. The molecule has 4 heteroatoms. The molecular weight excluding hydrogens is 226 g/mol. The van der Waals surface area contributed by atoms with E-state index in [4.69, 9.17) is 11.6 Å². The van der Waals surface area contributed by atoms with Crippen LogP contribution in [0.1, 0.15) is 18.1 Å². The van der Waals surface area contributed by atoms with Gasteiger partial charge >= 0.3 is 5.97 Å². The first-order chi connectivity index (χ1) is 7.54. The van der Waals surface area contributed by atoms with Gasteiger partial charge in [0.2, 0.25) is 0 Å². The number of hydrogen-bond donors (Lipinski definition) is 1. The Morgan fingerprint density at radius 3 is 2.81 bits per heavy atom. The van der Waals surface area contributed by atoms with E-state index in [1.165, 1.54) is 7.11 Å². The minimum Gasteiger partial charge on any atom is -0.468 e. The van der Waals surface area contributed by atoms with Crippen molar-refractivity contribution in [2.45, 2.75) is 26.4 Å². The summed E-state index contributed by atoms with van der Waals surface area (Å²) in [5, 5.41) is 3.76. The molecule has 0 aromatic heterocycles. The van der Waals surface area contributed by atoms with Gasteiger partial charge in [0.1, 0.15) is 6.04 Å². The third kappa shape index (κ3) is 3.51. The van der Waals surface area contributed by atoms with Gasteiger partial charge in [0.15, 0.2) is 0 Å². The van der Waals surface area contributed by atoms with Crippen LogP contribution < -0.4 is 5.32 Å². The van der Waals surface area contributed by atoms with Crippen LogP contribution in [0.15, 0.2) is 18.2 Å². The van der Waals surface area contributed by atoms with Gasteiger partial charge < -0.3 is 10.1 Å². The van der Waals surface area contributed by atoms with Gasteiger partial charge in [-0.3, -0.25) is 4.79 Å². The molecule has 0 spiro atoms. The summed E-state index contributed by atoms with van der Waals surface area (Å²) < 4.78 is 4.62. The third-order valence-corrected chi connectivity index (χ3v) is 2.71. The number of aryl methyl sites for hydroxylation is 1. The fourth-order valence-corrected chi connectivity index (χ4v) is 1.62. The number of hydrogen-bond acceptors (Lipinski definition) is 3. The Kier molecular flexibility index (Phi) is 4.77. The Labute approximate surface area is 101 Å². The largest absolute Gasteiger partial charge is 0.468 e. The average molecular weight is 242 g/mol. The van der Waals surface area contributed by atoms with Crippen LogP contribution in [-0.4, -0.2) is 19.1 Å². The number of ether oxygens (including phenoxy) is 1. The Bertz CT molecular complexity index is 379. The van der Waals surface area contributed by atoms with E-state index in [0.29, 0.717) is 11.6 Å². The molecular formula is C12H16ClNO2. The van der Waals surface area contributed by atoms with Gasteiger partial charge in [-0.2, -0.15) is 0 Å². The standard InChI is InChI=1S/C12H16ClNO2/c1-8-4-5-10(11(13)6-8)7-14-9(2)12(15)16-3/h4-6,9,14H,7H2,1-3H3. The van der Waals surface area contributed by atoms with Gasteiger partial charge in [0.25, 0.3) is 0 Å². The van der Waals surface area contributed by atoms with Crippen molar-refractivity contribution in [1.29, 1.82) is 0 Å². The summed E-state index contributed by atoms with van der Waals surface area (Å²) in [5.41, 5.74) is 2.10. The van der Waals surface area contributed by atoms with Gasteiger partial charge in [-0.1, -0.05) is 23.7 Å². The molecule has 0 saturated heterocycles. The van der Waals surface area contributed by atoms with Crippen molar-refractivity contribution in [1.82, 2.24) is 5.32 Å². The highest BCUT2D eigenvalue weighted by Crippen LogP contribution is 2.17. The van der Waals surface area contributed by atoms with E-state index in [9.17, 15) is 4.79 Å². The van der Waals surface area contributed by atoms with Gasteiger partial charge in [-0.15, -0.1) is 0 Å². The van der Waals surface area contributed by atoms with Gasteiger partial charge in [-0.25, -0.2) is 0 Å². The second kappa shape index (κ2) is 5.87. The summed E-state index contributed by atoms with van der Waals surface area (Å²) >= 11 is 6.07. The molecule has 1 N–H and O–H groups in total. The lowest BCUT2D eigenvalue weighted by Crippen LogP contribution is -2.34. The number of methoxy groups -OCH3 is 1. The molecule has 0 amide bonds. The summed E-state index contributed by atoms with van der Waals surface area (Å²) in [6.45, 7) is 4.30. The normalized spacial score (nSPS) is 12.2. The molecule has 0 aliphatic carbocycles. The Morgan fingerprint density at radius 1 is 1.56 bits per heavy atom. The molecule has 0 aliphatic heterocycles. The lowest BCUT2D eigenvalue weighted by atomic mass is 10.1. The fraction of sp³-hybridized carbons (Fsp3) is 0.417. The van der Waals surface area contributed by atoms with E-state index in [-0.39, 0.29) is 12.0 Å². The van der Waals surface area contributed by atoms with E-state index in [1.54, 1.807) is 6.92 Å². The SMILES string of the molecule is COC(=O)C(C)NCc1ccc(C)cc1Cl. The van der Waals surface area contributed by atoms with Crippen LogP contribution in [-0.2, 0) is 16.1 Å². The summed E-state index contributed by atoms with van der Waals surface area (Å²) in [6.07, 6.45) is 0. The summed E-state index contributed by atoms with van der Waals surface area (Å²) in [6, 6.07) is 5.52. The van der Waals surface area contributed by atoms with Crippen LogP contribution in [0, 0.1) is 6.92 Å². The number of halogens is 1. The third-order valence-electron chi connectivity index (χ3n) is 2.36. The Hall–Kier alpha value is -1.06. The molecule has 16 heavy (non-hydrogen) atoms. The van der Waals surface area contributed by atoms with E-state index in [2.05, 4.69) is 10.1 Å². The summed E-state index contributed by atoms with van der Waals surface area (Å²) in [7, 11) is 1.37. The molecule has 1 aromatic rings. The lowest BCUT2D eigenvalue weighted by molar-refractivity contribution is -0.142. The molecule has 1 atom stereocenters. The van der Waals surface area contributed by atoms with Crippen molar-refractivity contribution in [3.8, 4) is 0 Å². The first-order valence-corrected chi connectivity index (χ1v) is 5.48. The van der Waals surface area contributed by atoms with Crippen LogP contribution in [0.4, 0.5) is 0 Å². The van der Waals surface area contributed by atoms with Crippen LogP contribution in [0.3, 0.4) is 0 Å². The van der Waals surface area contributed by atoms with Crippen molar-refractivity contribution in [2.75, 3.05) is 7.11 Å². The zero-order valence-electron chi connectivity index (χ0n) is 9.71. The van der Waals surface area contributed by atoms with Crippen molar-refractivity contribution >= 4 is 17.6 Å². The second-order valence-electron chi connectivity index (χ2n) is 3.72. The average Bonchev–Trinajstić information content (AvgIpc) is 2.26. The predicted octanol–water partition coefficient (Wildman–Crippen LogP) is 2.30. The monoisotopic (exact) mass is 241 g/mol. The van der Waals surface area contributed by atoms with Crippen LogP contribution in [0.5, 0.6) is 0 Å². The van der Waals surface area contributed by atoms with Gasteiger partial charge in [0.05, 0.1) is 7.11 Å². The first kappa shape index (κ1) is 13.0. The van der Waals surface area contributed by atoms with E-state index in [1.807, 2.05) is 25.1 Å². The molecule has 1 unspecified atom stereocenters. The molecule has 0 heterocycles. The predicted molar refractivity (Wildman–Crippen MR) is 64.5 cm³/mol. The minimum absolute atomic E-state index is 0.275. The lowest BCUT2D eigenvalue weighted by Gasteiger charge is -2.12. The van der Waals surface area contributed by atoms with Crippen LogP contribution in [0.2, 0.25) is 5.02 Å². The van der Waals surface area contributed by atoms with Crippen molar-refractivity contribution in [3.05, 3.63) is 34.3 Å². The maximum atomic E-state index is 11.2. The number of benzene rings is 1. The van der Waals surface area contributed by atoms with Crippen molar-refractivity contribution < 1.29 is 9.53 Å². The van der Waals surface area contributed by atoms with Gasteiger partial charge in [-0.05, 0) is 31.0 Å². The number of esters is 1. The number of carbonyl (C=O) groups excluding carboxylic acids is 1. The number of carbonyl (C=O) groups is 1. The van der Waals surface area contributed by atoms with Crippen LogP contribution >= 0.6 is 11.6 Å². The first-order valence-electron chi connectivity index (χ1n) is 5.11. The molecule has 0 bridgehead atoms. The smallest absolute Gasteiger partial charge is 0.322 e. The molecule has 0 saturated carbocycles. The van der Waals surface area contributed by atoms with Crippen LogP contribution in [0.25, 0.3) is 0 Å².